The number of hydrogen-bond donors (Lipinski definition) is 1. The Hall–Kier alpha value is -0.800. The largest absolute Gasteiger partial charge is 0.361 e. The van der Waals surface area contributed by atoms with E-state index in [1.165, 1.54) is 18.5 Å². The van der Waals surface area contributed by atoms with Crippen LogP contribution in [0.25, 0.3) is 0 Å². The van der Waals surface area contributed by atoms with Gasteiger partial charge in [0.1, 0.15) is 6.73 Å². The molecule has 17 heavy (non-hydrogen) atoms. The van der Waals surface area contributed by atoms with Gasteiger partial charge in [0.2, 0.25) is 0 Å². The number of nitrogens with zero attached hydrogens (tertiary/aromatic N) is 1. The van der Waals surface area contributed by atoms with Crippen molar-refractivity contribution in [3.63, 3.8) is 0 Å². The van der Waals surface area contributed by atoms with Crippen molar-refractivity contribution in [2.45, 2.75) is 40.0 Å². The van der Waals surface area contributed by atoms with Gasteiger partial charge in [-0.05, 0) is 43.4 Å². The van der Waals surface area contributed by atoms with Crippen LogP contribution in [-0.2, 0) is 18.0 Å². The van der Waals surface area contributed by atoms with Crippen LogP contribution in [0.15, 0.2) is 18.3 Å². The van der Waals surface area contributed by atoms with Crippen molar-refractivity contribution in [2.75, 3.05) is 13.2 Å². The fourth-order valence-corrected chi connectivity index (χ4v) is 1.83. The Morgan fingerprint density at radius 3 is 3.00 bits per heavy atom. The van der Waals surface area contributed by atoms with Crippen LogP contribution < -0.4 is 5.32 Å². The highest BCUT2D eigenvalue weighted by Gasteiger charge is 2.21. The summed E-state index contributed by atoms with van der Waals surface area (Å²) in [5, 5.41) is 3.46. The monoisotopic (exact) mass is 236 g/mol. The molecular weight excluding hydrogens is 212 g/mol. The van der Waals surface area contributed by atoms with Gasteiger partial charge in [-0.1, -0.05) is 13.8 Å². The van der Waals surface area contributed by atoms with Crippen molar-refractivity contribution >= 4 is 0 Å². The van der Waals surface area contributed by atoms with E-state index in [-0.39, 0.29) is 0 Å². The molecule has 0 aromatic carbocycles. The van der Waals surface area contributed by atoms with E-state index in [2.05, 4.69) is 42.1 Å². The molecule has 1 N–H and O–H groups in total. The predicted octanol–water partition coefficient (Wildman–Crippen LogP) is 2.62. The van der Waals surface area contributed by atoms with E-state index < -0.39 is 0 Å². The van der Waals surface area contributed by atoms with E-state index in [9.17, 15) is 0 Å². The maximum Gasteiger partial charge on any atom is 0.122 e. The third-order valence-electron chi connectivity index (χ3n) is 3.06. The van der Waals surface area contributed by atoms with E-state index in [4.69, 9.17) is 4.74 Å². The zero-order chi connectivity index (χ0) is 12.1. The van der Waals surface area contributed by atoms with Gasteiger partial charge < -0.3 is 14.6 Å². The van der Waals surface area contributed by atoms with Crippen LogP contribution in [0.4, 0.5) is 0 Å². The van der Waals surface area contributed by atoms with E-state index in [1.807, 2.05) is 0 Å². The minimum atomic E-state index is 0.697. The van der Waals surface area contributed by atoms with Gasteiger partial charge in [0.05, 0.1) is 6.61 Å². The second-order valence-corrected chi connectivity index (χ2v) is 5.44. The Balaban J connectivity index is 1.70. The lowest BCUT2D eigenvalue weighted by molar-refractivity contribution is 0.0674. The number of ether oxygens (including phenoxy) is 1. The molecule has 1 aromatic rings. The van der Waals surface area contributed by atoms with Crippen LogP contribution in [0.3, 0.4) is 0 Å². The van der Waals surface area contributed by atoms with Gasteiger partial charge in [-0.25, -0.2) is 0 Å². The van der Waals surface area contributed by atoms with Crippen molar-refractivity contribution in [1.82, 2.24) is 9.88 Å². The van der Waals surface area contributed by atoms with Gasteiger partial charge in [-0.2, -0.15) is 0 Å². The van der Waals surface area contributed by atoms with Gasteiger partial charge in [-0.3, -0.25) is 0 Å². The van der Waals surface area contributed by atoms with E-state index in [1.54, 1.807) is 0 Å². The molecule has 1 fully saturated rings. The first-order valence-electron chi connectivity index (χ1n) is 6.68. The van der Waals surface area contributed by atoms with Crippen LogP contribution in [0.1, 0.15) is 32.4 Å². The van der Waals surface area contributed by atoms with Crippen LogP contribution >= 0.6 is 0 Å². The summed E-state index contributed by atoms with van der Waals surface area (Å²) in [6.07, 6.45) is 4.81. The summed E-state index contributed by atoms with van der Waals surface area (Å²) in [4.78, 5) is 0. The number of aromatic nitrogens is 1. The first kappa shape index (κ1) is 12.7. The molecule has 1 aliphatic carbocycles. The SMILES string of the molecule is CC(C)CNCc1cccn1COCC1CC1. The molecule has 1 aliphatic rings. The summed E-state index contributed by atoms with van der Waals surface area (Å²) < 4.78 is 7.90. The highest BCUT2D eigenvalue weighted by atomic mass is 16.5. The summed E-state index contributed by atoms with van der Waals surface area (Å²) in [5.74, 6) is 1.54. The van der Waals surface area contributed by atoms with Crippen LogP contribution in [0.2, 0.25) is 0 Å². The van der Waals surface area contributed by atoms with Gasteiger partial charge in [0.25, 0.3) is 0 Å². The Kier molecular flexibility index (Phi) is 4.63. The number of hydrogen-bond acceptors (Lipinski definition) is 2. The molecule has 3 heteroatoms. The lowest BCUT2D eigenvalue weighted by Gasteiger charge is -2.11. The molecular formula is C14H24N2O. The predicted molar refractivity (Wildman–Crippen MR) is 69.7 cm³/mol. The molecule has 0 radical (unpaired) electrons. The molecule has 0 atom stereocenters. The summed E-state index contributed by atoms with van der Waals surface area (Å²) in [6.45, 7) is 8.07. The second kappa shape index (κ2) is 6.22. The van der Waals surface area contributed by atoms with Crippen LogP contribution in [0, 0.1) is 11.8 Å². The average molecular weight is 236 g/mol. The standard InChI is InChI=1S/C14H24N2O/c1-12(2)8-15-9-14-4-3-7-16(14)11-17-10-13-5-6-13/h3-4,7,12-13,15H,5-6,8-11H2,1-2H3. The van der Waals surface area contributed by atoms with Crippen LogP contribution in [0.5, 0.6) is 0 Å². The highest BCUT2D eigenvalue weighted by Crippen LogP contribution is 2.28. The molecule has 1 heterocycles. The Bertz CT molecular complexity index is 306. The van der Waals surface area contributed by atoms with E-state index in [0.717, 1.165) is 25.6 Å². The number of nitrogens with one attached hydrogen (secondary N) is 1. The zero-order valence-corrected chi connectivity index (χ0v) is 11.0. The highest BCUT2D eigenvalue weighted by molar-refractivity contribution is 5.06. The first-order valence-corrected chi connectivity index (χ1v) is 6.68. The van der Waals surface area contributed by atoms with E-state index >= 15 is 0 Å². The molecule has 2 rings (SSSR count). The fraction of sp³-hybridized carbons (Fsp3) is 0.714. The molecule has 0 amide bonds. The first-order chi connectivity index (χ1) is 8.25. The summed E-state index contributed by atoms with van der Waals surface area (Å²) in [7, 11) is 0. The lowest BCUT2D eigenvalue weighted by atomic mass is 10.2. The summed E-state index contributed by atoms with van der Waals surface area (Å²) in [5.41, 5.74) is 1.31. The van der Waals surface area contributed by atoms with Gasteiger partial charge >= 0.3 is 0 Å². The van der Waals surface area contributed by atoms with E-state index in [0.29, 0.717) is 12.6 Å². The smallest absolute Gasteiger partial charge is 0.122 e. The second-order valence-electron chi connectivity index (χ2n) is 5.44. The summed E-state index contributed by atoms with van der Waals surface area (Å²) in [6, 6.07) is 4.25. The molecule has 1 saturated carbocycles. The third-order valence-corrected chi connectivity index (χ3v) is 3.06. The number of rotatable bonds is 8. The molecule has 0 aliphatic heterocycles. The lowest BCUT2D eigenvalue weighted by Crippen LogP contribution is -2.21. The topological polar surface area (TPSA) is 26.2 Å². The van der Waals surface area contributed by atoms with Crippen molar-refractivity contribution in [3.8, 4) is 0 Å². The Morgan fingerprint density at radius 1 is 1.47 bits per heavy atom. The maximum absolute atomic E-state index is 5.71. The Labute approximate surface area is 104 Å². The molecule has 0 bridgehead atoms. The van der Waals surface area contributed by atoms with Gasteiger partial charge in [-0.15, -0.1) is 0 Å². The van der Waals surface area contributed by atoms with Crippen molar-refractivity contribution in [3.05, 3.63) is 24.0 Å². The quantitative estimate of drug-likeness (QED) is 0.751. The molecule has 3 nitrogen and oxygen atoms in total. The molecule has 0 unspecified atom stereocenters. The minimum absolute atomic E-state index is 0.697. The normalized spacial score (nSPS) is 15.7. The zero-order valence-electron chi connectivity index (χ0n) is 11.0. The molecule has 1 aromatic heterocycles. The molecule has 96 valence electrons. The Morgan fingerprint density at radius 2 is 2.29 bits per heavy atom. The van der Waals surface area contributed by atoms with Crippen LogP contribution in [-0.4, -0.2) is 17.7 Å². The van der Waals surface area contributed by atoms with Gasteiger partial charge in [0.15, 0.2) is 0 Å². The van der Waals surface area contributed by atoms with Crippen molar-refractivity contribution < 1.29 is 4.74 Å². The molecule has 0 saturated heterocycles. The molecule has 0 spiro atoms. The maximum atomic E-state index is 5.71. The van der Waals surface area contributed by atoms with Gasteiger partial charge in [0, 0.05) is 18.4 Å². The minimum Gasteiger partial charge on any atom is -0.361 e. The van der Waals surface area contributed by atoms with Crippen molar-refractivity contribution in [2.24, 2.45) is 11.8 Å². The fourth-order valence-electron chi connectivity index (χ4n) is 1.83. The van der Waals surface area contributed by atoms with Crippen molar-refractivity contribution in [1.29, 1.82) is 0 Å². The third kappa shape index (κ3) is 4.52. The summed E-state index contributed by atoms with van der Waals surface area (Å²) >= 11 is 0. The average Bonchev–Trinajstić information content (AvgIpc) is 2.99.